The molecule has 2 aliphatic rings. The van der Waals surface area contributed by atoms with Gasteiger partial charge in [0.1, 0.15) is 6.04 Å². The number of carbonyl (C=O) groups is 1. The summed E-state index contributed by atoms with van der Waals surface area (Å²) < 4.78 is 0. The molecular weight excluding hydrogens is 273 g/mol. The van der Waals surface area contributed by atoms with E-state index in [0.29, 0.717) is 10.0 Å². The molecule has 5 heteroatoms. The first-order chi connectivity index (χ1) is 8.58. The molecule has 0 saturated carbocycles. The number of hydrogen-bond donors (Lipinski definition) is 2. The van der Waals surface area contributed by atoms with Crippen molar-refractivity contribution in [3.8, 4) is 0 Å². The van der Waals surface area contributed by atoms with Gasteiger partial charge in [-0.15, -0.1) is 0 Å². The standard InChI is InChI=1S/C13H11Cl2NO2/c14-6-4-9(15)11-7-2-1-3-8(7)12(13(17)18)16-10(11)5-6/h1-2,4-5,7-8,12,16H,3H2,(H,17,18)/t7-,8-,12-/m0/s1. The maximum Gasteiger partial charge on any atom is 0.326 e. The van der Waals surface area contributed by atoms with Crippen molar-refractivity contribution in [1.29, 1.82) is 0 Å². The van der Waals surface area contributed by atoms with Gasteiger partial charge < -0.3 is 10.4 Å². The summed E-state index contributed by atoms with van der Waals surface area (Å²) in [6, 6.07) is 2.85. The fourth-order valence-corrected chi connectivity index (χ4v) is 3.51. The van der Waals surface area contributed by atoms with Crippen LogP contribution < -0.4 is 5.32 Å². The number of carboxylic acids is 1. The van der Waals surface area contributed by atoms with Crippen LogP contribution >= 0.6 is 23.2 Å². The third-order valence-electron chi connectivity index (χ3n) is 3.65. The molecule has 94 valence electrons. The van der Waals surface area contributed by atoms with E-state index in [9.17, 15) is 9.90 Å². The molecule has 0 radical (unpaired) electrons. The van der Waals surface area contributed by atoms with Gasteiger partial charge in [0.05, 0.1) is 0 Å². The van der Waals surface area contributed by atoms with Gasteiger partial charge in [-0.3, -0.25) is 0 Å². The first-order valence-corrected chi connectivity index (χ1v) is 6.48. The van der Waals surface area contributed by atoms with Crippen molar-refractivity contribution in [3.63, 3.8) is 0 Å². The molecular formula is C13H11Cl2NO2. The predicted molar refractivity (Wildman–Crippen MR) is 71.5 cm³/mol. The topological polar surface area (TPSA) is 49.3 Å². The Bertz CT molecular complexity index is 556. The molecule has 0 bridgehead atoms. The Morgan fingerprint density at radius 1 is 1.39 bits per heavy atom. The number of halogens is 2. The van der Waals surface area contributed by atoms with Gasteiger partial charge in [0.15, 0.2) is 0 Å². The highest BCUT2D eigenvalue weighted by Gasteiger charge is 2.41. The first kappa shape index (κ1) is 11.9. The van der Waals surface area contributed by atoms with E-state index < -0.39 is 12.0 Å². The molecule has 0 spiro atoms. The zero-order valence-electron chi connectivity index (χ0n) is 9.36. The maximum absolute atomic E-state index is 11.3. The van der Waals surface area contributed by atoms with Crippen molar-refractivity contribution in [1.82, 2.24) is 0 Å². The number of fused-ring (bicyclic) bond motifs is 3. The molecule has 0 amide bonds. The molecule has 0 saturated heterocycles. The molecule has 0 aromatic heterocycles. The highest BCUT2D eigenvalue weighted by atomic mass is 35.5. The molecule has 1 aliphatic heterocycles. The minimum atomic E-state index is -0.838. The third-order valence-corrected chi connectivity index (χ3v) is 4.18. The molecule has 3 nitrogen and oxygen atoms in total. The van der Waals surface area contributed by atoms with Crippen LogP contribution in [0.25, 0.3) is 0 Å². The molecule has 0 unspecified atom stereocenters. The van der Waals surface area contributed by atoms with Gasteiger partial charge in [-0.25, -0.2) is 4.79 Å². The van der Waals surface area contributed by atoms with Crippen molar-refractivity contribution in [2.24, 2.45) is 5.92 Å². The Labute approximate surface area is 114 Å². The summed E-state index contributed by atoms with van der Waals surface area (Å²) in [4.78, 5) is 11.3. The largest absolute Gasteiger partial charge is 0.480 e. The van der Waals surface area contributed by atoms with E-state index in [1.807, 2.05) is 12.2 Å². The molecule has 1 aliphatic carbocycles. The highest BCUT2D eigenvalue weighted by Crippen LogP contribution is 2.48. The number of rotatable bonds is 1. The van der Waals surface area contributed by atoms with Crippen LogP contribution in [0.4, 0.5) is 5.69 Å². The molecule has 3 rings (SSSR count). The maximum atomic E-state index is 11.3. The van der Waals surface area contributed by atoms with Crippen molar-refractivity contribution in [3.05, 3.63) is 39.9 Å². The quantitative estimate of drug-likeness (QED) is 0.775. The van der Waals surface area contributed by atoms with E-state index in [0.717, 1.165) is 17.7 Å². The second kappa shape index (κ2) is 4.18. The van der Waals surface area contributed by atoms with Gasteiger partial charge >= 0.3 is 5.97 Å². The predicted octanol–water partition coefficient (Wildman–Crippen LogP) is 3.53. The minimum Gasteiger partial charge on any atom is -0.480 e. The Morgan fingerprint density at radius 2 is 2.17 bits per heavy atom. The van der Waals surface area contributed by atoms with Crippen LogP contribution in [0.2, 0.25) is 10.0 Å². The average molecular weight is 284 g/mol. The van der Waals surface area contributed by atoms with E-state index in [2.05, 4.69) is 5.32 Å². The van der Waals surface area contributed by atoms with Crippen LogP contribution in [0.3, 0.4) is 0 Å². The van der Waals surface area contributed by atoms with Crippen molar-refractivity contribution < 1.29 is 9.90 Å². The number of carboxylic acid groups (broad SMARTS) is 1. The molecule has 2 N–H and O–H groups in total. The lowest BCUT2D eigenvalue weighted by atomic mass is 9.79. The second-order valence-corrected chi connectivity index (χ2v) is 5.51. The number of allylic oxidation sites excluding steroid dienone is 2. The van der Waals surface area contributed by atoms with Crippen molar-refractivity contribution in [2.45, 2.75) is 18.4 Å². The molecule has 0 fully saturated rings. The zero-order valence-corrected chi connectivity index (χ0v) is 10.9. The Morgan fingerprint density at radius 3 is 2.89 bits per heavy atom. The van der Waals surface area contributed by atoms with E-state index in [1.165, 1.54) is 0 Å². The normalized spacial score (nSPS) is 28.4. The highest BCUT2D eigenvalue weighted by molar-refractivity contribution is 6.35. The number of benzene rings is 1. The number of aliphatic carboxylic acids is 1. The van der Waals surface area contributed by atoms with Crippen LogP contribution in [0.5, 0.6) is 0 Å². The van der Waals surface area contributed by atoms with Crippen LogP contribution in [0.15, 0.2) is 24.3 Å². The summed E-state index contributed by atoms with van der Waals surface area (Å²) in [6.07, 6.45) is 4.82. The molecule has 18 heavy (non-hydrogen) atoms. The van der Waals surface area contributed by atoms with E-state index in [4.69, 9.17) is 23.2 Å². The monoisotopic (exact) mass is 283 g/mol. The van der Waals surface area contributed by atoms with Crippen molar-refractivity contribution >= 4 is 34.9 Å². The number of hydrogen-bond acceptors (Lipinski definition) is 2. The van der Waals surface area contributed by atoms with Gasteiger partial charge in [0.2, 0.25) is 0 Å². The number of anilines is 1. The first-order valence-electron chi connectivity index (χ1n) is 5.73. The molecule has 1 aromatic carbocycles. The van der Waals surface area contributed by atoms with Gasteiger partial charge in [-0.05, 0) is 18.6 Å². The van der Waals surface area contributed by atoms with E-state index >= 15 is 0 Å². The Balaban J connectivity index is 2.14. The van der Waals surface area contributed by atoms with Gasteiger partial charge in [-0.2, -0.15) is 0 Å². The fourth-order valence-electron chi connectivity index (χ4n) is 2.89. The Hall–Kier alpha value is -1.19. The van der Waals surface area contributed by atoms with Gasteiger partial charge in [0.25, 0.3) is 0 Å². The van der Waals surface area contributed by atoms with E-state index in [1.54, 1.807) is 12.1 Å². The third kappa shape index (κ3) is 1.70. The lowest BCUT2D eigenvalue weighted by Gasteiger charge is -2.35. The van der Waals surface area contributed by atoms with Crippen LogP contribution in [0.1, 0.15) is 17.9 Å². The lowest BCUT2D eigenvalue weighted by molar-refractivity contribution is -0.139. The summed E-state index contributed by atoms with van der Waals surface area (Å²) in [7, 11) is 0. The second-order valence-electron chi connectivity index (χ2n) is 4.66. The SMILES string of the molecule is O=C(O)[C@H]1Nc2cc(Cl)cc(Cl)c2[C@H]2C=CC[C@H]12. The van der Waals surface area contributed by atoms with Crippen LogP contribution in [-0.2, 0) is 4.79 Å². The summed E-state index contributed by atoms with van der Waals surface area (Å²) in [5, 5.41) is 13.4. The summed E-state index contributed by atoms with van der Waals surface area (Å²) in [5.74, 6) is -0.753. The van der Waals surface area contributed by atoms with Crippen molar-refractivity contribution in [2.75, 3.05) is 5.32 Å². The smallest absolute Gasteiger partial charge is 0.326 e. The summed E-state index contributed by atoms with van der Waals surface area (Å²) in [6.45, 7) is 0. The minimum absolute atomic E-state index is 0.0219. The van der Waals surface area contributed by atoms with Crippen LogP contribution in [-0.4, -0.2) is 17.1 Å². The lowest BCUT2D eigenvalue weighted by Crippen LogP contribution is -2.41. The van der Waals surface area contributed by atoms with Gasteiger partial charge in [0, 0.05) is 33.1 Å². The van der Waals surface area contributed by atoms with Crippen LogP contribution in [0, 0.1) is 5.92 Å². The Kier molecular flexibility index (Phi) is 2.76. The molecule has 1 aromatic rings. The fraction of sp³-hybridized carbons (Fsp3) is 0.308. The molecule has 1 heterocycles. The van der Waals surface area contributed by atoms with E-state index in [-0.39, 0.29) is 11.8 Å². The zero-order chi connectivity index (χ0) is 12.9. The summed E-state index contributed by atoms with van der Waals surface area (Å²) >= 11 is 12.2. The van der Waals surface area contributed by atoms with Gasteiger partial charge in [-0.1, -0.05) is 35.4 Å². The molecule has 3 atom stereocenters. The summed E-state index contributed by atoms with van der Waals surface area (Å²) in [5.41, 5.74) is 1.69. The number of nitrogens with one attached hydrogen (secondary N) is 1. The average Bonchev–Trinajstić information content (AvgIpc) is 2.75.